The van der Waals surface area contributed by atoms with Crippen molar-refractivity contribution in [2.75, 3.05) is 32.7 Å². The lowest BCUT2D eigenvalue weighted by atomic mass is 9.83. The largest absolute Gasteiger partial charge is 0.392 e. The third-order valence-corrected chi connectivity index (χ3v) is 5.51. The first-order valence-corrected chi connectivity index (χ1v) is 8.38. The summed E-state index contributed by atoms with van der Waals surface area (Å²) >= 11 is 0. The van der Waals surface area contributed by atoms with E-state index in [2.05, 4.69) is 20.9 Å². The van der Waals surface area contributed by atoms with Crippen LogP contribution in [0.2, 0.25) is 0 Å². The summed E-state index contributed by atoms with van der Waals surface area (Å²) in [6.45, 7) is 6.67. The van der Waals surface area contributed by atoms with Crippen LogP contribution < -0.4 is 0 Å². The third-order valence-electron chi connectivity index (χ3n) is 5.51. The first kappa shape index (κ1) is 15.1. The van der Waals surface area contributed by atoms with Crippen LogP contribution in [0.4, 0.5) is 0 Å². The number of fused-ring (bicyclic) bond motifs is 2. The molecule has 0 aromatic carbocycles. The lowest BCUT2D eigenvalue weighted by Gasteiger charge is -2.61. The fraction of sp³-hybridized carbons (Fsp3) is 0.647. The van der Waals surface area contributed by atoms with Gasteiger partial charge in [0.25, 0.3) is 0 Å². The van der Waals surface area contributed by atoms with Gasteiger partial charge in [0.2, 0.25) is 5.91 Å². The Hall–Kier alpha value is -1.50. The minimum absolute atomic E-state index is 0.0147. The molecule has 1 aromatic heterocycles. The molecule has 0 saturated carbocycles. The molecule has 3 aliphatic rings. The normalized spacial score (nSPS) is 30.3. The SMILES string of the molecule is CC(=O)N1CC2CC(O)CN2C2(CN(Cc3ccccn3)C2)C1. The Balaban J connectivity index is 1.47. The van der Waals surface area contributed by atoms with Gasteiger partial charge in [-0.25, -0.2) is 0 Å². The molecule has 2 atom stereocenters. The Morgan fingerprint density at radius 2 is 2.17 bits per heavy atom. The molecule has 2 unspecified atom stereocenters. The zero-order chi connectivity index (χ0) is 16.0. The Morgan fingerprint density at radius 3 is 2.87 bits per heavy atom. The minimum Gasteiger partial charge on any atom is -0.392 e. The van der Waals surface area contributed by atoms with Gasteiger partial charge in [-0.1, -0.05) is 6.07 Å². The molecule has 1 N–H and O–H groups in total. The van der Waals surface area contributed by atoms with Gasteiger partial charge in [-0.2, -0.15) is 0 Å². The summed E-state index contributed by atoms with van der Waals surface area (Å²) in [5, 5.41) is 10.1. The molecule has 6 nitrogen and oxygen atoms in total. The zero-order valence-electron chi connectivity index (χ0n) is 13.6. The van der Waals surface area contributed by atoms with Gasteiger partial charge in [0, 0.05) is 58.4 Å². The van der Waals surface area contributed by atoms with E-state index in [-0.39, 0.29) is 17.6 Å². The first-order valence-electron chi connectivity index (χ1n) is 8.38. The molecule has 1 amide bonds. The van der Waals surface area contributed by atoms with Crippen LogP contribution in [0, 0.1) is 0 Å². The van der Waals surface area contributed by atoms with Crippen molar-refractivity contribution in [1.82, 2.24) is 19.7 Å². The van der Waals surface area contributed by atoms with Crippen molar-refractivity contribution in [2.24, 2.45) is 0 Å². The van der Waals surface area contributed by atoms with Crippen molar-refractivity contribution in [3.05, 3.63) is 30.1 Å². The Bertz CT molecular complexity index is 588. The number of likely N-dealkylation sites (tertiary alicyclic amines) is 1. The van der Waals surface area contributed by atoms with Crippen LogP contribution in [-0.4, -0.2) is 81.1 Å². The summed E-state index contributed by atoms with van der Waals surface area (Å²) in [4.78, 5) is 23.1. The van der Waals surface area contributed by atoms with E-state index in [4.69, 9.17) is 0 Å². The Labute approximate surface area is 136 Å². The Morgan fingerprint density at radius 1 is 1.35 bits per heavy atom. The molecular formula is C17H24N4O2. The van der Waals surface area contributed by atoms with E-state index >= 15 is 0 Å². The highest BCUT2D eigenvalue weighted by molar-refractivity contribution is 5.73. The van der Waals surface area contributed by atoms with E-state index in [0.29, 0.717) is 6.04 Å². The van der Waals surface area contributed by atoms with Crippen LogP contribution in [-0.2, 0) is 11.3 Å². The molecule has 3 fully saturated rings. The number of aromatic nitrogens is 1. The maximum Gasteiger partial charge on any atom is 0.219 e. The number of hydrogen-bond donors (Lipinski definition) is 1. The second kappa shape index (κ2) is 5.54. The molecule has 23 heavy (non-hydrogen) atoms. The van der Waals surface area contributed by atoms with E-state index in [9.17, 15) is 9.90 Å². The van der Waals surface area contributed by atoms with Gasteiger partial charge in [-0.05, 0) is 18.6 Å². The summed E-state index contributed by atoms with van der Waals surface area (Å²) in [6, 6.07) is 6.31. The molecule has 1 aromatic rings. The van der Waals surface area contributed by atoms with E-state index in [1.54, 1.807) is 6.92 Å². The van der Waals surface area contributed by atoms with E-state index in [1.165, 1.54) is 0 Å². The minimum atomic E-state index is -0.256. The van der Waals surface area contributed by atoms with Crippen LogP contribution in [0.15, 0.2) is 24.4 Å². The van der Waals surface area contributed by atoms with Crippen LogP contribution in [0.3, 0.4) is 0 Å². The van der Waals surface area contributed by atoms with Crippen molar-refractivity contribution in [1.29, 1.82) is 0 Å². The average molecular weight is 316 g/mol. The third kappa shape index (κ3) is 2.65. The van der Waals surface area contributed by atoms with Gasteiger partial charge in [0.05, 0.1) is 17.3 Å². The van der Waals surface area contributed by atoms with Crippen molar-refractivity contribution < 1.29 is 9.90 Å². The second-order valence-corrected chi connectivity index (χ2v) is 7.29. The number of amides is 1. The van der Waals surface area contributed by atoms with Crippen molar-refractivity contribution >= 4 is 5.91 Å². The van der Waals surface area contributed by atoms with Gasteiger partial charge >= 0.3 is 0 Å². The van der Waals surface area contributed by atoms with Crippen molar-refractivity contribution in [3.63, 3.8) is 0 Å². The molecule has 3 aliphatic heterocycles. The summed E-state index contributed by atoms with van der Waals surface area (Å²) in [7, 11) is 0. The molecule has 1 spiro atoms. The molecule has 4 rings (SSSR count). The van der Waals surface area contributed by atoms with Gasteiger partial charge < -0.3 is 10.0 Å². The lowest BCUT2D eigenvalue weighted by Crippen LogP contribution is -2.78. The number of pyridine rings is 1. The fourth-order valence-corrected chi connectivity index (χ4v) is 4.55. The smallest absolute Gasteiger partial charge is 0.219 e. The van der Waals surface area contributed by atoms with Gasteiger partial charge in [0.1, 0.15) is 0 Å². The van der Waals surface area contributed by atoms with Crippen molar-refractivity contribution in [2.45, 2.75) is 37.6 Å². The molecule has 3 saturated heterocycles. The summed E-state index contributed by atoms with van der Waals surface area (Å²) in [5.41, 5.74) is 1.10. The van der Waals surface area contributed by atoms with Crippen LogP contribution in [0.25, 0.3) is 0 Å². The Kier molecular flexibility index (Phi) is 3.63. The van der Waals surface area contributed by atoms with Crippen LogP contribution in [0.5, 0.6) is 0 Å². The van der Waals surface area contributed by atoms with Crippen LogP contribution in [0.1, 0.15) is 19.0 Å². The van der Waals surface area contributed by atoms with Gasteiger partial charge in [0.15, 0.2) is 0 Å². The van der Waals surface area contributed by atoms with Crippen molar-refractivity contribution in [3.8, 4) is 0 Å². The number of hydrogen-bond acceptors (Lipinski definition) is 5. The van der Waals surface area contributed by atoms with E-state index in [0.717, 1.165) is 51.4 Å². The number of aliphatic hydroxyl groups is 1. The standard InChI is InChI=1S/C17H24N4O2/c1-13(22)20-8-15-6-16(23)9-21(15)17(12-20)10-19(11-17)7-14-4-2-3-5-18-14/h2-5,15-16,23H,6-12H2,1H3. The number of rotatable bonds is 2. The zero-order valence-corrected chi connectivity index (χ0v) is 13.6. The molecule has 0 aliphatic carbocycles. The first-order chi connectivity index (χ1) is 11.1. The molecular weight excluding hydrogens is 292 g/mol. The quantitative estimate of drug-likeness (QED) is 0.828. The van der Waals surface area contributed by atoms with Crippen LogP contribution >= 0.6 is 0 Å². The number of nitrogens with zero attached hydrogens (tertiary/aromatic N) is 4. The molecule has 0 radical (unpaired) electrons. The summed E-state index contributed by atoms with van der Waals surface area (Å²) in [6.07, 6.45) is 2.36. The molecule has 0 bridgehead atoms. The van der Waals surface area contributed by atoms with E-state index in [1.807, 2.05) is 23.2 Å². The maximum absolute atomic E-state index is 11.9. The number of piperazine rings is 1. The maximum atomic E-state index is 11.9. The van der Waals surface area contributed by atoms with Gasteiger partial charge in [-0.3, -0.25) is 19.6 Å². The number of carbonyl (C=O) groups excluding carboxylic acids is 1. The highest BCUT2D eigenvalue weighted by atomic mass is 16.3. The van der Waals surface area contributed by atoms with Gasteiger partial charge in [-0.15, -0.1) is 0 Å². The molecule has 6 heteroatoms. The topological polar surface area (TPSA) is 59.9 Å². The second-order valence-electron chi connectivity index (χ2n) is 7.29. The highest BCUT2D eigenvalue weighted by Gasteiger charge is 2.56. The summed E-state index contributed by atoms with van der Waals surface area (Å²) < 4.78 is 0. The summed E-state index contributed by atoms with van der Waals surface area (Å²) in [5.74, 6) is 0.147. The number of aliphatic hydroxyl groups excluding tert-OH is 1. The van der Waals surface area contributed by atoms with E-state index < -0.39 is 0 Å². The highest BCUT2D eigenvalue weighted by Crippen LogP contribution is 2.39. The number of carbonyl (C=O) groups is 1. The number of β-amino-alcohol motifs (C(OH)–C–C–N with tert-alkyl or cyclic N) is 1. The predicted octanol–water partition coefficient (Wildman–Crippen LogP) is -0.0667. The monoisotopic (exact) mass is 316 g/mol. The molecule has 124 valence electrons. The lowest BCUT2D eigenvalue weighted by molar-refractivity contribution is -0.149. The molecule has 4 heterocycles. The predicted molar refractivity (Wildman–Crippen MR) is 85.6 cm³/mol. The fourth-order valence-electron chi connectivity index (χ4n) is 4.55. The average Bonchev–Trinajstić information content (AvgIpc) is 2.87.